The van der Waals surface area contributed by atoms with Crippen molar-refractivity contribution in [3.05, 3.63) is 29.6 Å². The molecule has 100 valence electrons. The van der Waals surface area contributed by atoms with Crippen molar-refractivity contribution in [2.75, 3.05) is 19.4 Å². The van der Waals surface area contributed by atoms with Gasteiger partial charge >= 0.3 is 0 Å². The predicted molar refractivity (Wildman–Crippen MR) is 73.6 cm³/mol. The van der Waals surface area contributed by atoms with Gasteiger partial charge in [0.2, 0.25) is 0 Å². The van der Waals surface area contributed by atoms with Crippen molar-refractivity contribution in [1.29, 1.82) is 0 Å². The Morgan fingerprint density at radius 1 is 1.56 bits per heavy atom. The molecule has 18 heavy (non-hydrogen) atoms. The average Bonchev–Trinajstić information content (AvgIpc) is 2.88. The monoisotopic (exact) mass is 269 g/mol. The summed E-state index contributed by atoms with van der Waals surface area (Å²) in [5.74, 6) is 0.779. The summed E-state index contributed by atoms with van der Waals surface area (Å²) >= 11 is 1.70. The van der Waals surface area contributed by atoms with Crippen LogP contribution in [0.15, 0.2) is 23.1 Å². The van der Waals surface area contributed by atoms with Gasteiger partial charge in [0.1, 0.15) is 5.82 Å². The molecule has 2 unspecified atom stereocenters. The first kappa shape index (κ1) is 13.8. The topological polar surface area (TPSA) is 21.3 Å². The number of nitrogens with one attached hydrogen (secondary N) is 1. The van der Waals surface area contributed by atoms with E-state index in [1.165, 1.54) is 6.07 Å². The van der Waals surface area contributed by atoms with Gasteiger partial charge in [-0.3, -0.25) is 0 Å². The number of thioether (sulfide) groups is 1. The highest BCUT2D eigenvalue weighted by molar-refractivity contribution is 7.99. The van der Waals surface area contributed by atoms with E-state index in [1.54, 1.807) is 17.8 Å². The second kappa shape index (κ2) is 6.55. The van der Waals surface area contributed by atoms with Gasteiger partial charge in [0.15, 0.2) is 0 Å². The first-order valence-corrected chi connectivity index (χ1v) is 7.41. The number of ether oxygens (including phenoxy) is 1. The first-order valence-electron chi connectivity index (χ1n) is 6.42. The minimum atomic E-state index is -0.130. The van der Waals surface area contributed by atoms with Crippen LogP contribution >= 0.6 is 11.8 Å². The maximum Gasteiger partial charge on any atom is 0.129 e. The SMILES string of the molecule is CNC(C)c1c(F)cccc1SCC1CCCO1. The number of hydrogen-bond donors (Lipinski definition) is 1. The highest BCUT2D eigenvalue weighted by Crippen LogP contribution is 2.31. The van der Waals surface area contributed by atoms with Crippen LogP contribution in [0.4, 0.5) is 4.39 Å². The molecule has 1 aliphatic heterocycles. The molecule has 1 aromatic rings. The van der Waals surface area contributed by atoms with E-state index in [0.29, 0.717) is 6.10 Å². The van der Waals surface area contributed by atoms with Crippen molar-refractivity contribution in [3.63, 3.8) is 0 Å². The number of rotatable bonds is 5. The molecule has 1 saturated heterocycles. The largest absolute Gasteiger partial charge is 0.377 e. The summed E-state index contributed by atoms with van der Waals surface area (Å²) in [5.41, 5.74) is 0.767. The third-order valence-electron chi connectivity index (χ3n) is 3.33. The van der Waals surface area contributed by atoms with E-state index in [2.05, 4.69) is 5.32 Å². The fourth-order valence-electron chi connectivity index (χ4n) is 2.17. The van der Waals surface area contributed by atoms with Gasteiger partial charge in [0.25, 0.3) is 0 Å². The second-order valence-electron chi connectivity index (χ2n) is 4.61. The first-order chi connectivity index (χ1) is 8.72. The molecular formula is C14H20FNOS. The number of hydrogen-bond acceptors (Lipinski definition) is 3. The van der Waals surface area contributed by atoms with Gasteiger partial charge in [-0.25, -0.2) is 4.39 Å². The molecule has 1 aromatic carbocycles. The van der Waals surface area contributed by atoms with E-state index in [9.17, 15) is 4.39 Å². The molecule has 0 radical (unpaired) electrons. The van der Waals surface area contributed by atoms with Gasteiger partial charge in [0, 0.05) is 28.9 Å². The predicted octanol–water partition coefficient (Wildman–Crippen LogP) is 3.38. The zero-order valence-corrected chi connectivity index (χ0v) is 11.7. The van der Waals surface area contributed by atoms with Crippen LogP contribution in [-0.2, 0) is 4.74 Å². The normalized spacial score (nSPS) is 21.2. The summed E-state index contributed by atoms with van der Waals surface area (Å²) < 4.78 is 19.5. The van der Waals surface area contributed by atoms with E-state index in [0.717, 1.165) is 35.7 Å². The Morgan fingerprint density at radius 2 is 2.39 bits per heavy atom. The Labute approximate surface area is 112 Å². The Bertz CT molecular complexity index is 393. The van der Waals surface area contributed by atoms with Gasteiger partial charge in [-0.15, -0.1) is 11.8 Å². The van der Waals surface area contributed by atoms with Crippen LogP contribution in [0.1, 0.15) is 31.4 Å². The number of benzene rings is 1. The summed E-state index contributed by atoms with van der Waals surface area (Å²) in [6, 6.07) is 5.32. The van der Waals surface area contributed by atoms with Crippen molar-refractivity contribution < 1.29 is 9.13 Å². The van der Waals surface area contributed by atoms with Crippen molar-refractivity contribution in [2.24, 2.45) is 0 Å². The molecule has 0 spiro atoms. The molecule has 0 amide bonds. The van der Waals surface area contributed by atoms with E-state index < -0.39 is 0 Å². The molecule has 0 aromatic heterocycles. The van der Waals surface area contributed by atoms with Crippen LogP contribution in [0, 0.1) is 5.82 Å². The third kappa shape index (κ3) is 3.25. The molecule has 1 fully saturated rings. The second-order valence-corrected chi connectivity index (χ2v) is 5.67. The van der Waals surface area contributed by atoms with E-state index >= 15 is 0 Å². The molecule has 0 bridgehead atoms. The minimum Gasteiger partial charge on any atom is -0.377 e. The highest BCUT2D eigenvalue weighted by atomic mass is 32.2. The zero-order valence-electron chi connectivity index (χ0n) is 10.9. The molecule has 4 heteroatoms. The van der Waals surface area contributed by atoms with Crippen LogP contribution in [0.25, 0.3) is 0 Å². The van der Waals surface area contributed by atoms with Crippen molar-refractivity contribution in [1.82, 2.24) is 5.32 Å². The summed E-state index contributed by atoms with van der Waals surface area (Å²) in [7, 11) is 1.85. The standard InChI is InChI=1S/C14H20FNOS/c1-10(16-2)14-12(15)6-3-7-13(14)18-9-11-5-4-8-17-11/h3,6-7,10-11,16H,4-5,8-9H2,1-2H3. The van der Waals surface area contributed by atoms with Gasteiger partial charge in [-0.05, 0) is 38.9 Å². The molecular weight excluding hydrogens is 249 g/mol. The lowest BCUT2D eigenvalue weighted by Crippen LogP contribution is -2.15. The minimum absolute atomic E-state index is 0.0261. The van der Waals surface area contributed by atoms with Crippen molar-refractivity contribution in [3.8, 4) is 0 Å². The lowest BCUT2D eigenvalue weighted by molar-refractivity contribution is 0.129. The summed E-state index contributed by atoms with van der Waals surface area (Å²) in [6.45, 7) is 2.85. The van der Waals surface area contributed by atoms with E-state index in [4.69, 9.17) is 4.74 Å². The van der Waals surface area contributed by atoms with Crippen molar-refractivity contribution >= 4 is 11.8 Å². The zero-order chi connectivity index (χ0) is 13.0. The molecule has 2 nitrogen and oxygen atoms in total. The lowest BCUT2D eigenvalue weighted by Gasteiger charge is -2.17. The molecule has 2 atom stereocenters. The van der Waals surface area contributed by atoms with Crippen LogP contribution < -0.4 is 5.32 Å². The summed E-state index contributed by atoms with van der Waals surface area (Å²) in [4.78, 5) is 1.02. The quantitative estimate of drug-likeness (QED) is 0.828. The van der Waals surface area contributed by atoms with Crippen molar-refractivity contribution in [2.45, 2.75) is 36.8 Å². The average molecular weight is 269 g/mol. The van der Waals surface area contributed by atoms with Crippen LogP contribution in [0.5, 0.6) is 0 Å². The van der Waals surface area contributed by atoms with Gasteiger partial charge in [-0.2, -0.15) is 0 Å². The summed E-state index contributed by atoms with van der Waals surface area (Å²) in [5, 5.41) is 3.11. The fourth-order valence-corrected chi connectivity index (χ4v) is 3.40. The van der Waals surface area contributed by atoms with Gasteiger partial charge in [-0.1, -0.05) is 6.07 Å². The van der Waals surface area contributed by atoms with Gasteiger partial charge < -0.3 is 10.1 Å². The van der Waals surface area contributed by atoms with Crippen LogP contribution in [0.2, 0.25) is 0 Å². The molecule has 0 aliphatic carbocycles. The fraction of sp³-hybridized carbons (Fsp3) is 0.571. The van der Waals surface area contributed by atoms with E-state index in [-0.39, 0.29) is 11.9 Å². The highest BCUT2D eigenvalue weighted by Gasteiger charge is 2.19. The van der Waals surface area contributed by atoms with E-state index in [1.807, 2.05) is 20.0 Å². The third-order valence-corrected chi connectivity index (χ3v) is 4.53. The Balaban J connectivity index is 2.08. The lowest BCUT2D eigenvalue weighted by atomic mass is 10.1. The molecule has 2 rings (SSSR count). The maximum atomic E-state index is 13.9. The molecule has 0 saturated carbocycles. The van der Waals surface area contributed by atoms with Crippen LogP contribution in [0.3, 0.4) is 0 Å². The summed E-state index contributed by atoms with van der Waals surface area (Å²) in [6.07, 6.45) is 2.60. The molecule has 1 heterocycles. The Kier molecular flexibility index (Phi) is 5.03. The van der Waals surface area contributed by atoms with Gasteiger partial charge in [0.05, 0.1) is 6.10 Å². The smallest absolute Gasteiger partial charge is 0.129 e. The Hall–Kier alpha value is -0.580. The number of halogens is 1. The Morgan fingerprint density at radius 3 is 3.06 bits per heavy atom. The maximum absolute atomic E-state index is 13.9. The molecule has 1 N–H and O–H groups in total. The van der Waals surface area contributed by atoms with Crippen LogP contribution in [-0.4, -0.2) is 25.5 Å². The molecule has 1 aliphatic rings.